The van der Waals surface area contributed by atoms with Crippen molar-refractivity contribution in [1.29, 1.82) is 0 Å². The van der Waals surface area contributed by atoms with Crippen LogP contribution in [0.5, 0.6) is 0 Å². The molecule has 0 radical (unpaired) electrons. The molecule has 0 heterocycles. The van der Waals surface area contributed by atoms with Gasteiger partial charge in [0.2, 0.25) is 0 Å². The molecule has 2 heteroatoms. The number of ketones is 1. The van der Waals surface area contributed by atoms with Crippen LogP contribution in [0.25, 0.3) is 0 Å². The highest BCUT2D eigenvalue weighted by molar-refractivity contribution is 5.79. The second-order valence-corrected chi connectivity index (χ2v) is 4.45. The highest BCUT2D eigenvalue weighted by atomic mass is 16.1. The van der Waals surface area contributed by atoms with Gasteiger partial charge in [0.25, 0.3) is 0 Å². The largest absolute Gasteiger partial charge is 0.314 e. The van der Waals surface area contributed by atoms with Crippen molar-refractivity contribution in [1.82, 2.24) is 5.32 Å². The highest BCUT2D eigenvalue weighted by Gasteiger charge is 2.19. The average molecular weight is 171 g/mol. The van der Waals surface area contributed by atoms with Gasteiger partial charge < -0.3 is 5.32 Å². The van der Waals surface area contributed by atoms with Crippen LogP contribution in [0.3, 0.4) is 0 Å². The first-order valence-corrected chi connectivity index (χ1v) is 4.58. The molecule has 0 saturated heterocycles. The average Bonchev–Trinajstić information content (AvgIpc) is 1.84. The quantitative estimate of drug-likeness (QED) is 0.685. The van der Waals surface area contributed by atoms with Crippen LogP contribution in [-0.4, -0.2) is 18.4 Å². The van der Waals surface area contributed by atoms with Crippen LogP contribution in [0.15, 0.2) is 0 Å². The highest BCUT2D eigenvalue weighted by Crippen LogP contribution is 2.12. The Labute approximate surface area is 75.7 Å². The number of carbonyl (C=O) groups excluding carboxylic acids is 1. The Morgan fingerprint density at radius 2 is 1.92 bits per heavy atom. The Balaban J connectivity index is 3.84. The van der Waals surface area contributed by atoms with Crippen molar-refractivity contribution in [3.63, 3.8) is 0 Å². The molecule has 0 fully saturated rings. The van der Waals surface area contributed by atoms with Gasteiger partial charge in [0.05, 0.1) is 0 Å². The Morgan fingerprint density at radius 1 is 1.42 bits per heavy atom. The molecule has 0 aliphatic rings. The Bertz CT molecular complexity index is 150. The van der Waals surface area contributed by atoms with Gasteiger partial charge in [-0.25, -0.2) is 0 Å². The topological polar surface area (TPSA) is 29.1 Å². The molecule has 0 unspecified atom stereocenters. The standard InChI is InChI=1S/C10H21NO/c1-8(2)6-9(12)7-10(3,4)11-5/h8,11H,6-7H2,1-5H3. The van der Waals surface area contributed by atoms with Crippen molar-refractivity contribution in [2.45, 2.75) is 46.1 Å². The number of nitrogens with one attached hydrogen (secondary N) is 1. The van der Waals surface area contributed by atoms with E-state index in [1.54, 1.807) is 0 Å². The van der Waals surface area contributed by atoms with Crippen LogP contribution in [0, 0.1) is 5.92 Å². The van der Waals surface area contributed by atoms with E-state index in [1.165, 1.54) is 0 Å². The summed E-state index contributed by atoms with van der Waals surface area (Å²) in [5.41, 5.74) is -0.0496. The van der Waals surface area contributed by atoms with Crippen LogP contribution >= 0.6 is 0 Å². The molecule has 0 atom stereocenters. The van der Waals surface area contributed by atoms with E-state index < -0.39 is 0 Å². The fourth-order valence-corrected chi connectivity index (χ4v) is 1.11. The van der Waals surface area contributed by atoms with Gasteiger partial charge in [-0.1, -0.05) is 13.8 Å². The van der Waals surface area contributed by atoms with Gasteiger partial charge in [-0.3, -0.25) is 4.79 Å². The molecule has 0 rings (SSSR count). The summed E-state index contributed by atoms with van der Waals surface area (Å²) < 4.78 is 0. The Morgan fingerprint density at radius 3 is 2.25 bits per heavy atom. The maximum atomic E-state index is 11.4. The first-order chi connectivity index (χ1) is 5.37. The van der Waals surface area contributed by atoms with Gasteiger partial charge in [0.1, 0.15) is 5.78 Å². The lowest BCUT2D eigenvalue weighted by atomic mass is 9.94. The van der Waals surface area contributed by atoms with Crippen molar-refractivity contribution >= 4 is 5.78 Å². The zero-order valence-electron chi connectivity index (χ0n) is 8.90. The van der Waals surface area contributed by atoms with Gasteiger partial charge in [0.15, 0.2) is 0 Å². The van der Waals surface area contributed by atoms with E-state index in [2.05, 4.69) is 19.2 Å². The van der Waals surface area contributed by atoms with Crippen LogP contribution < -0.4 is 5.32 Å². The molecule has 0 aliphatic carbocycles. The molecule has 12 heavy (non-hydrogen) atoms. The molecule has 0 aromatic carbocycles. The fourth-order valence-electron chi connectivity index (χ4n) is 1.11. The van der Waals surface area contributed by atoms with Crippen molar-refractivity contribution < 1.29 is 4.79 Å². The molecule has 0 bridgehead atoms. The van der Waals surface area contributed by atoms with E-state index in [0.717, 1.165) is 0 Å². The van der Waals surface area contributed by atoms with E-state index in [4.69, 9.17) is 0 Å². The summed E-state index contributed by atoms with van der Waals surface area (Å²) in [5, 5.41) is 3.12. The monoisotopic (exact) mass is 171 g/mol. The first-order valence-electron chi connectivity index (χ1n) is 4.58. The maximum Gasteiger partial charge on any atom is 0.134 e. The second-order valence-electron chi connectivity index (χ2n) is 4.45. The molecule has 0 aromatic heterocycles. The predicted octanol–water partition coefficient (Wildman–Crippen LogP) is 1.99. The number of carbonyl (C=O) groups is 1. The SMILES string of the molecule is CNC(C)(C)CC(=O)CC(C)C. The second kappa shape index (κ2) is 4.61. The normalized spacial score (nSPS) is 12.2. The smallest absolute Gasteiger partial charge is 0.134 e. The predicted molar refractivity (Wildman–Crippen MR) is 52.2 cm³/mol. The molecule has 0 amide bonds. The number of Topliss-reactive ketones (excluding diaryl/α,β-unsaturated/α-hetero) is 1. The number of hydrogen-bond donors (Lipinski definition) is 1. The zero-order valence-corrected chi connectivity index (χ0v) is 8.90. The van der Waals surface area contributed by atoms with Crippen molar-refractivity contribution in [3.8, 4) is 0 Å². The molecule has 0 saturated carbocycles. The lowest BCUT2D eigenvalue weighted by Crippen LogP contribution is -2.38. The van der Waals surface area contributed by atoms with Crippen LogP contribution in [0.1, 0.15) is 40.5 Å². The first kappa shape index (κ1) is 11.6. The molecular weight excluding hydrogens is 150 g/mol. The lowest BCUT2D eigenvalue weighted by molar-refractivity contribution is -0.120. The molecule has 0 spiro atoms. The summed E-state index contributed by atoms with van der Waals surface area (Å²) in [4.78, 5) is 11.4. The van der Waals surface area contributed by atoms with E-state index in [9.17, 15) is 4.79 Å². The summed E-state index contributed by atoms with van der Waals surface area (Å²) in [7, 11) is 1.89. The van der Waals surface area contributed by atoms with Crippen molar-refractivity contribution in [2.75, 3.05) is 7.05 Å². The summed E-state index contributed by atoms with van der Waals surface area (Å²) >= 11 is 0. The third kappa shape index (κ3) is 5.30. The molecule has 2 nitrogen and oxygen atoms in total. The van der Waals surface area contributed by atoms with E-state index in [0.29, 0.717) is 24.5 Å². The Hall–Kier alpha value is -0.370. The third-order valence-electron chi connectivity index (χ3n) is 1.95. The molecule has 1 N–H and O–H groups in total. The third-order valence-corrected chi connectivity index (χ3v) is 1.95. The van der Waals surface area contributed by atoms with E-state index in [-0.39, 0.29) is 5.54 Å². The van der Waals surface area contributed by atoms with E-state index in [1.807, 2.05) is 20.9 Å². The minimum absolute atomic E-state index is 0.0496. The van der Waals surface area contributed by atoms with Crippen molar-refractivity contribution in [2.24, 2.45) is 5.92 Å². The fraction of sp³-hybridized carbons (Fsp3) is 0.900. The van der Waals surface area contributed by atoms with Crippen LogP contribution in [0.4, 0.5) is 0 Å². The summed E-state index contributed by atoms with van der Waals surface area (Å²) in [6.45, 7) is 8.24. The maximum absolute atomic E-state index is 11.4. The molecule has 0 aromatic rings. The summed E-state index contributed by atoms with van der Waals surface area (Å²) in [6, 6.07) is 0. The van der Waals surface area contributed by atoms with Gasteiger partial charge in [0, 0.05) is 18.4 Å². The molecule has 72 valence electrons. The van der Waals surface area contributed by atoms with Gasteiger partial charge in [-0.2, -0.15) is 0 Å². The summed E-state index contributed by atoms with van der Waals surface area (Å²) in [6.07, 6.45) is 1.33. The molecular formula is C10H21NO. The minimum atomic E-state index is -0.0496. The number of hydrogen-bond acceptors (Lipinski definition) is 2. The minimum Gasteiger partial charge on any atom is -0.314 e. The van der Waals surface area contributed by atoms with Gasteiger partial charge in [-0.15, -0.1) is 0 Å². The summed E-state index contributed by atoms with van der Waals surface area (Å²) in [5.74, 6) is 0.828. The van der Waals surface area contributed by atoms with Gasteiger partial charge in [-0.05, 0) is 26.8 Å². The van der Waals surface area contributed by atoms with E-state index >= 15 is 0 Å². The lowest BCUT2D eigenvalue weighted by Gasteiger charge is -2.23. The number of rotatable bonds is 5. The molecule has 0 aliphatic heterocycles. The Kier molecular flexibility index (Phi) is 4.46. The van der Waals surface area contributed by atoms with Crippen LogP contribution in [0.2, 0.25) is 0 Å². The zero-order chi connectivity index (χ0) is 9.78. The van der Waals surface area contributed by atoms with Crippen LogP contribution in [-0.2, 0) is 4.79 Å². The van der Waals surface area contributed by atoms with Gasteiger partial charge >= 0.3 is 0 Å². The van der Waals surface area contributed by atoms with Crippen molar-refractivity contribution in [3.05, 3.63) is 0 Å².